The smallest absolute Gasteiger partial charge is 0.331 e. The molecule has 1 aromatic rings. The number of halogens is 2. The molecule has 1 aliphatic heterocycles. The van der Waals surface area contributed by atoms with Crippen LogP contribution in [0.15, 0.2) is 18.2 Å². The zero-order valence-corrected chi connectivity index (χ0v) is 11.5. The molecule has 0 aliphatic carbocycles. The maximum Gasteiger partial charge on any atom is 0.331 e. The molecule has 2 rings (SSSR count). The van der Waals surface area contributed by atoms with Crippen molar-refractivity contribution in [2.45, 2.75) is 6.04 Å². The minimum Gasteiger partial charge on any atom is -0.467 e. The van der Waals surface area contributed by atoms with E-state index in [2.05, 4.69) is 4.74 Å². The average Bonchev–Trinajstić information content (AvgIpc) is 2.48. The van der Waals surface area contributed by atoms with Crippen molar-refractivity contribution in [1.29, 1.82) is 0 Å². The average molecular weight is 302 g/mol. The summed E-state index contributed by atoms with van der Waals surface area (Å²) in [7, 11) is 1.24. The minimum atomic E-state index is -0.819. The van der Waals surface area contributed by atoms with Gasteiger partial charge in [-0.1, -0.05) is 11.6 Å². The van der Waals surface area contributed by atoms with Crippen LogP contribution in [0.1, 0.15) is 10.4 Å². The van der Waals surface area contributed by atoms with E-state index >= 15 is 0 Å². The third-order valence-electron chi connectivity index (χ3n) is 3.03. The van der Waals surface area contributed by atoms with E-state index in [0.717, 1.165) is 6.07 Å². The highest BCUT2D eigenvalue weighted by atomic mass is 35.5. The van der Waals surface area contributed by atoms with E-state index in [1.165, 1.54) is 24.1 Å². The van der Waals surface area contributed by atoms with E-state index in [4.69, 9.17) is 16.3 Å². The Labute approximate surface area is 120 Å². The molecule has 0 bridgehead atoms. The molecule has 1 unspecified atom stereocenters. The first-order valence-electron chi connectivity index (χ1n) is 5.96. The summed E-state index contributed by atoms with van der Waals surface area (Å²) in [6.45, 7) is 0.618. The van der Waals surface area contributed by atoms with Gasteiger partial charge >= 0.3 is 5.97 Å². The first kappa shape index (κ1) is 14.7. The SMILES string of the molecule is COC(=O)C1COCCN1C(=O)c1ccc(Cl)c(F)c1. The predicted molar refractivity (Wildman–Crippen MR) is 69.1 cm³/mol. The topological polar surface area (TPSA) is 55.8 Å². The molecule has 0 N–H and O–H groups in total. The molecular weight excluding hydrogens is 289 g/mol. The summed E-state index contributed by atoms with van der Waals surface area (Å²) in [5.41, 5.74) is 0.128. The molecule has 1 heterocycles. The number of nitrogens with zero attached hydrogens (tertiary/aromatic N) is 1. The summed E-state index contributed by atoms with van der Waals surface area (Å²) in [6.07, 6.45) is 0. The number of hydrogen-bond donors (Lipinski definition) is 0. The number of amides is 1. The molecule has 1 aliphatic rings. The molecule has 20 heavy (non-hydrogen) atoms. The summed E-state index contributed by atoms with van der Waals surface area (Å²) < 4.78 is 23.2. The van der Waals surface area contributed by atoms with E-state index in [1.54, 1.807) is 0 Å². The molecule has 1 saturated heterocycles. The highest BCUT2D eigenvalue weighted by Crippen LogP contribution is 2.19. The van der Waals surface area contributed by atoms with E-state index in [0.29, 0.717) is 6.61 Å². The first-order valence-corrected chi connectivity index (χ1v) is 6.34. The van der Waals surface area contributed by atoms with Crippen LogP contribution in [-0.2, 0) is 14.3 Å². The van der Waals surface area contributed by atoms with Crippen molar-refractivity contribution < 1.29 is 23.5 Å². The van der Waals surface area contributed by atoms with Gasteiger partial charge in [0.25, 0.3) is 5.91 Å². The number of ether oxygens (including phenoxy) is 2. The Morgan fingerprint density at radius 2 is 2.25 bits per heavy atom. The predicted octanol–water partition coefficient (Wildman–Crippen LogP) is 1.49. The van der Waals surface area contributed by atoms with Gasteiger partial charge in [0, 0.05) is 12.1 Å². The van der Waals surface area contributed by atoms with Gasteiger partial charge in [-0.25, -0.2) is 9.18 Å². The molecule has 1 aromatic carbocycles. The fraction of sp³-hybridized carbons (Fsp3) is 0.385. The van der Waals surface area contributed by atoms with Gasteiger partial charge in [0.1, 0.15) is 5.82 Å². The number of rotatable bonds is 2. The second-order valence-corrected chi connectivity index (χ2v) is 4.65. The molecule has 7 heteroatoms. The van der Waals surface area contributed by atoms with E-state index in [1.807, 2.05) is 0 Å². The standard InChI is InChI=1S/C13H13ClFNO4/c1-19-13(18)11-7-20-5-4-16(11)12(17)8-2-3-9(14)10(15)6-8/h2-3,6,11H,4-5,7H2,1H3. The Bertz CT molecular complexity index is 537. The van der Waals surface area contributed by atoms with Crippen LogP contribution in [0.25, 0.3) is 0 Å². The number of methoxy groups -OCH3 is 1. The number of carbonyl (C=O) groups is 2. The number of esters is 1. The molecular formula is C13H13ClFNO4. The third kappa shape index (κ3) is 2.91. The lowest BCUT2D eigenvalue weighted by molar-refractivity contribution is -0.151. The molecule has 1 atom stereocenters. The Hall–Kier alpha value is -1.66. The van der Waals surface area contributed by atoms with Gasteiger partial charge in [-0.15, -0.1) is 0 Å². The summed E-state index contributed by atoms with van der Waals surface area (Å²) in [6, 6.07) is 2.95. The maximum absolute atomic E-state index is 13.4. The lowest BCUT2D eigenvalue weighted by Gasteiger charge is -2.33. The van der Waals surface area contributed by atoms with Crippen LogP contribution in [0, 0.1) is 5.82 Å². The second kappa shape index (κ2) is 6.19. The molecule has 0 saturated carbocycles. The highest BCUT2D eigenvalue weighted by Gasteiger charge is 2.34. The van der Waals surface area contributed by atoms with Crippen LogP contribution in [-0.4, -0.2) is 49.7 Å². The Balaban J connectivity index is 2.25. The van der Waals surface area contributed by atoms with E-state index < -0.39 is 23.7 Å². The summed E-state index contributed by atoms with van der Waals surface area (Å²) in [5, 5.41) is -0.0620. The van der Waals surface area contributed by atoms with Crippen molar-refractivity contribution in [3.63, 3.8) is 0 Å². The molecule has 0 spiro atoms. The fourth-order valence-electron chi connectivity index (χ4n) is 1.97. The molecule has 1 fully saturated rings. The Morgan fingerprint density at radius 3 is 2.90 bits per heavy atom. The molecule has 0 radical (unpaired) electrons. The minimum absolute atomic E-state index is 0.0620. The summed E-state index contributed by atoms with van der Waals surface area (Å²) in [5.74, 6) is -1.70. The monoisotopic (exact) mass is 301 g/mol. The van der Waals surface area contributed by atoms with Crippen molar-refractivity contribution >= 4 is 23.5 Å². The number of hydrogen-bond acceptors (Lipinski definition) is 4. The number of morpholine rings is 1. The third-order valence-corrected chi connectivity index (χ3v) is 3.34. The Morgan fingerprint density at radius 1 is 1.50 bits per heavy atom. The zero-order chi connectivity index (χ0) is 14.7. The van der Waals surface area contributed by atoms with Crippen LogP contribution >= 0.6 is 11.6 Å². The van der Waals surface area contributed by atoms with Crippen LogP contribution in [0.4, 0.5) is 4.39 Å². The highest BCUT2D eigenvalue weighted by molar-refractivity contribution is 6.30. The van der Waals surface area contributed by atoms with Gasteiger partial charge in [-0.3, -0.25) is 4.79 Å². The fourth-order valence-corrected chi connectivity index (χ4v) is 2.09. The molecule has 108 valence electrons. The van der Waals surface area contributed by atoms with Crippen molar-refractivity contribution in [3.05, 3.63) is 34.6 Å². The molecule has 1 amide bonds. The Kier molecular flexibility index (Phi) is 4.57. The molecule has 5 nitrogen and oxygen atoms in total. The van der Waals surface area contributed by atoms with Gasteiger partial charge in [-0.05, 0) is 18.2 Å². The van der Waals surface area contributed by atoms with Gasteiger partial charge < -0.3 is 14.4 Å². The maximum atomic E-state index is 13.4. The van der Waals surface area contributed by atoms with Crippen LogP contribution in [0.5, 0.6) is 0 Å². The lowest BCUT2D eigenvalue weighted by Crippen LogP contribution is -2.53. The van der Waals surface area contributed by atoms with Crippen LogP contribution in [0.3, 0.4) is 0 Å². The van der Waals surface area contributed by atoms with Crippen molar-refractivity contribution in [2.24, 2.45) is 0 Å². The van der Waals surface area contributed by atoms with E-state index in [9.17, 15) is 14.0 Å². The quantitative estimate of drug-likeness (QED) is 0.777. The van der Waals surface area contributed by atoms with Crippen LogP contribution < -0.4 is 0 Å². The summed E-state index contributed by atoms with van der Waals surface area (Å²) >= 11 is 5.58. The summed E-state index contributed by atoms with van der Waals surface area (Å²) in [4.78, 5) is 25.3. The van der Waals surface area contributed by atoms with Gasteiger partial charge in [0.05, 0.1) is 25.3 Å². The van der Waals surface area contributed by atoms with Gasteiger partial charge in [0.15, 0.2) is 6.04 Å². The van der Waals surface area contributed by atoms with Crippen molar-refractivity contribution in [1.82, 2.24) is 4.90 Å². The largest absolute Gasteiger partial charge is 0.467 e. The van der Waals surface area contributed by atoms with Crippen molar-refractivity contribution in [2.75, 3.05) is 26.9 Å². The number of carbonyl (C=O) groups excluding carboxylic acids is 2. The van der Waals surface area contributed by atoms with Crippen LogP contribution in [0.2, 0.25) is 5.02 Å². The number of benzene rings is 1. The van der Waals surface area contributed by atoms with Crippen molar-refractivity contribution in [3.8, 4) is 0 Å². The van der Waals surface area contributed by atoms with E-state index in [-0.39, 0.29) is 23.7 Å². The zero-order valence-electron chi connectivity index (χ0n) is 10.8. The van der Waals surface area contributed by atoms with Gasteiger partial charge in [0.2, 0.25) is 0 Å². The normalized spacial score (nSPS) is 18.8. The lowest BCUT2D eigenvalue weighted by atomic mass is 10.1. The first-order chi connectivity index (χ1) is 9.54. The molecule has 0 aromatic heterocycles. The second-order valence-electron chi connectivity index (χ2n) is 4.24. The van der Waals surface area contributed by atoms with Gasteiger partial charge in [-0.2, -0.15) is 0 Å².